The molecule has 102 valence electrons. The lowest BCUT2D eigenvalue weighted by molar-refractivity contribution is 0.00578. The summed E-state index contributed by atoms with van der Waals surface area (Å²) < 4.78 is 11.9. The molecule has 1 aliphatic rings. The summed E-state index contributed by atoms with van der Waals surface area (Å²) in [6, 6.07) is 9.28. The molecule has 1 atom stereocenters. The van der Waals surface area contributed by atoms with Gasteiger partial charge in [0.1, 0.15) is 0 Å². The second-order valence-corrected chi connectivity index (χ2v) is 6.14. The molecule has 0 aromatic heterocycles. The second-order valence-electron chi connectivity index (χ2n) is 6.14. The summed E-state index contributed by atoms with van der Waals surface area (Å²) in [5.41, 5.74) is -0.101. The number of hydrogen-bond donors (Lipinski definition) is 0. The molecule has 1 aliphatic heterocycles. The summed E-state index contributed by atoms with van der Waals surface area (Å²) in [5.74, 6) is -0.262. The molecule has 1 heterocycles. The zero-order valence-electron chi connectivity index (χ0n) is 12.3. The number of ketones is 1. The topological polar surface area (TPSA) is 35.5 Å². The Balaban J connectivity index is 2.14. The summed E-state index contributed by atoms with van der Waals surface area (Å²) >= 11 is 0. The molecule has 0 aliphatic carbocycles. The van der Waals surface area contributed by atoms with Crippen LogP contribution in [-0.4, -0.2) is 24.1 Å². The van der Waals surface area contributed by atoms with Crippen LogP contribution >= 0.6 is 0 Å². The van der Waals surface area contributed by atoms with Crippen molar-refractivity contribution in [1.29, 1.82) is 0 Å². The van der Waals surface area contributed by atoms with Gasteiger partial charge in [0.15, 0.2) is 5.78 Å². The van der Waals surface area contributed by atoms with Gasteiger partial charge in [0, 0.05) is 5.56 Å². The molecule has 3 nitrogen and oxygen atoms in total. The normalized spacial score (nSPS) is 22.3. The van der Waals surface area contributed by atoms with Gasteiger partial charge in [0.2, 0.25) is 0 Å². The van der Waals surface area contributed by atoms with E-state index in [-0.39, 0.29) is 11.6 Å². The summed E-state index contributed by atoms with van der Waals surface area (Å²) in [7, 11) is -0.488. The standard InChI is InChI=1S/C15H21BO3/c1-11(13(17)12-9-7-6-8-10-12)16-18-14(2,3)15(4,5)19-16/h6-11H,1-5H3/t11-/m1/s1. The van der Waals surface area contributed by atoms with Gasteiger partial charge in [-0.15, -0.1) is 0 Å². The Bertz CT molecular complexity index is 452. The van der Waals surface area contributed by atoms with Crippen LogP contribution in [0.15, 0.2) is 30.3 Å². The van der Waals surface area contributed by atoms with E-state index in [1.807, 2.05) is 65.0 Å². The molecule has 0 bridgehead atoms. The van der Waals surface area contributed by atoms with Crippen molar-refractivity contribution in [3.8, 4) is 0 Å². The lowest BCUT2D eigenvalue weighted by Crippen LogP contribution is -2.41. The van der Waals surface area contributed by atoms with Crippen LogP contribution in [-0.2, 0) is 9.31 Å². The van der Waals surface area contributed by atoms with Crippen molar-refractivity contribution in [2.45, 2.75) is 51.6 Å². The average molecular weight is 260 g/mol. The minimum Gasteiger partial charge on any atom is -0.403 e. The molecular weight excluding hydrogens is 239 g/mol. The first kappa shape index (κ1) is 14.3. The van der Waals surface area contributed by atoms with Crippen LogP contribution in [0.5, 0.6) is 0 Å². The molecule has 0 unspecified atom stereocenters. The van der Waals surface area contributed by atoms with E-state index in [4.69, 9.17) is 9.31 Å². The van der Waals surface area contributed by atoms with E-state index in [1.165, 1.54) is 0 Å². The highest BCUT2D eigenvalue weighted by molar-refractivity contribution is 6.53. The Kier molecular flexibility index (Phi) is 3.58. The van der Waals surface area contributed by atoms with E-state index in [2.05, 4.69) is 0 Å². The molecule has 0 spiro atoms. The summed E-state index contributed by atoms with van der Waals surface area (Å²) in [4.78, 5) is 12.4. The molecular formula is C15H21BO3. The third-order valence-electron chi connectivity index (χ3n) is 4.15. The molecule has 0 radical (unpaired) electrons. The fraction of sp³-hybridized carbons (Fsp3) is 0.533. The van der Waals surface area contributed by atoms with Gasteiger partial charge in [-0.25, -0.2) is 0 Å². The van der Waals surface area contributed by atoms with Crippen LogP contribution in [0.25, 0.3) is 0 Å². The van der Waals surface area contributed by atoms with Crippen molar-refractivity contribution in [2.75, 3.05) is 0 Å². The third kappa shape index (κ3) is 2.60. The van der Waals surface area contributed by atoms with Crippen molar-refractivity contribution in [3.05, 3.63) is 35.9 Å². The number of carbonyl (C=O) groups is 1. The first-order chi connectivity index (χ1) is 8.74. The molecule has 1 aromatic carbocycles. The summed E-state index contributed by atoms with van der Waals surface area (Å²) in [5, 5.41) is 0. The predicted octanol–water partition coefficient (Wildman–Crippen LogP) is 3.35. The molecule has 19 heavy (non-hydrogen) atoms. The lowest BCUT2D eigenvalue weighted by atomic mass is 9.69. The quantitative estimate of drug-likeness (QED) is 0.617. The molecule has 4 heteroatoms. The van der Waals surface area contributed by atoms with Crippen LogP contribution in [0.2, 0.25) is 5.82 Å². The highest BCUT2D eigenvalue weighted by atomic mass is 16.7. The van der Waals surface area contributed by atoms with Crippen LogP contribution in [0.3, 0.4) is 0 Å². The third-order valence-corrected chi connectivity index (χ3v) is 4.15. The van der Waals surface area contributed by atoms with E-state index in [0.29, 0.717) is 5.56 Å². The Morgan fingerprint density at radius 2 is 1.53 bits per heavy atom. The average Bonchev–Trinajstić information content (AvgIpc) is 2.58. The predicted molar refractivity (Wildman–Crippen MR) is 76.3 cm³/mol. The maximum absolute atomic E-state index is 12.4. The molecule has 2 rings (SSSR count). The lowest BCUT2D eigenvalue weighted by Gasteiger charge is -2.32. The largest absolute Gasteiger partial charge is 0.469 e. The molecule has 0 saturated carbocycles. The minimum atomic E-state index is -0.488. The first-order valence-electron chi connectivity index (χ1n) is 6.69. The fourth-order valence-electron chi connectivity index (χ4n) is 2.08. The van der Waals surface area contributed by atoms with E-state index < -0.39 is 18.3 Å². The molecule has 1 saturated heterocycles. The number of carbonyl (C=O) groups excluding carboxylic acids is 1. The zero-order valence-corrected chi connectivity index (χ0v) is 12.3. The number of benzene rings is 1. The van der Waals surface area contributed by atoms with Crippen molar-refractivity contribution >= 4 is 12.9 Å². The Morgan fingerprint density at radius 3 is 2.00 bits per heavy atom. The summed E-state index contributed by atoms with van der Waals surface area (Å²) in [6.07, 6.45) is 0. The van der Waals surface area contributed by atoms with Gasteiger partial charge in [-0.2, -0.15) is 0 Å². The maximum Gasteiger partial charge on any atom is 0.469 e. The Morgan fingerprint density at radius 1 is 1.05 bits per heavy atom. The smallest absolute Gasteiger partial charge is 0.403 e. The van der Waals surface area contributed by atoms with Crippen molar-refractivity contribution < 1.29 is 14.1 Å². The Labute approximate surface area is 115 Å². The summed E-state index contributed by atoms with van der Waals surface area (Å²) in [6.45, 7) is 9.83. The number of hydrogen-bond acceptors (Lipinski definition) is 3. The van der Waals surface area contributed by atoms with Gasteiger partial charge in [-0.1, -0.05) is 37.3 Å². The van der Waals surface area contributed by atoms with Crippen molar-refractivity contribution in [2.24, 2.45) is 0 Å². The van der Waals surface area contributed by atoms with Crippen LogP contribution in [0.4, 0.5) is 0 Å². The first-order valence-corrected chi connectivity index (χ1v) is 6.69. The fourth-order valence-corrected chi connectivity index (χ4v) is 2.08. The number of rotatable bonds is 3. The van der Waals surface area contributed by atoms with Gasteiger partial charge in [0.25, 0.3) is 0 Å². The van der Waals surface area contributed by atoms with Gasteiger partial charge < -0.3 is 9.31 Å². The monoisotopic (exact) mass is 260 g/mol. The zero-order chi connectivity index (χ0) is 14.3. The molecule has 0 amide bonds. The highest BCUT2D eigenvalue weighted by Gasteiger charge is 2.54. The Hall–Kier alpha value is -1.13. The molecule has 1 fully saturated rings. The second kappa shape index (κ2) is 4.76. The van der Waals surface area contributed by atoms with Crippen molar-refractivity contribution in [1.82, 2.24) is 0 Å². The minimum absolute atomic E-state index is 0.0547. The van der Waals surface area contributed by atoms with Crippen molar-refractivity contribution in [3.63, 3.8) is 0 Å². The van der Waals surface area contributed by atoms with E-state index in [0.717, 1.165) is 0 Å². The van der Waals surface area contributed by atoms with Gasteiger partial charge in [-0.05, 0) is 27.7 Å². The van der Waals surface area contributed by atoms with Crippen LogP contribution in [0, 0.1) is 0 Å². The number of Topliss-reactive ketones (excluding diaryl/α,β-unsaturated/α-hetero) is 1. The van der Waals surface area contributed by atoms with Crippen LogP contribution in [0.1, 0.15) is 45.0 Å². The highest BCUT2D eigenvalue weighted by Crippen LogP contribution is 2.40. The van der Waals surface area contributed by atoms with E-state index in [1.54, 1.807) is 0 Å². The molecule has 1 aromatic rings. The van der Waals surface area contributed by atoms with Gasteiger partial charge >= 0.3 is 7.12 Å². The van der Waals surface area contributed by atoms with Gasteiger partial charge in [-0.3, -0.25) is 4.79 Å². The van der Waals surface area contributed by atoms with Crippen LogP contribution < -0.4 is 0 Å². The maximum atomic E-state index is 12.4. The SMILES string of the molecule is C[C@@H](B1OC(C)(C)C(C)(C)O1)C(=O)c1ccccc1. The van der Waals surface area contributed by atoms with Gasteiger partial charge in [0.05, 0.1) is 17.0 Å². The van der Waals surface area contributed by atoms with E-state index in [9.17, 15) is 4.79 Å². The molecule has 0 N–H and O–H groups in total. The van der Waals surface area contributed by atoms with E-state index >= 15 is 0 Å².